The predicted octanol–water partition coefficient (Wildman–Crippen LogP) is 1.53. The highest BCUT2D eigenvalue weighted by molar-refractivity contribution is 5.37. The first kappa shape index (κ1) is 11.9. The van der Waals surface area contributed by atoms with Gasteiger partial charge in [-0.3, -0.25) is 0 Å². The van der Waals surface area contributed by atoms with Gasteiger partial charge in [-0.05, 0) is 24.5 Å². The number of fused-ring (bicyclic) bond motifs is 1. The Hall–Kier alpha value is -1.88. The minimum absolute atomic E-state index is 0.165. The van der Waals surface area contributed by atoms with Gasteiger partial charge in [0.1, 0.15) is 18.2 Å². The number of hydrogen-bond acceptors (Lipinski definition) is 4. The summed E-state index contributed by atoms with van der Waals surface area (Å²) in [4.78, 5) is 4.34. The van der Waals surface area contributed by atoms with Crippen molar-refractivity contribution in [1.82, 2.24) is 20.1 Å². The van der Waals surface area contributed by atoms with Gasteiger partial charge in [0.05, 0.1) is 13.1 Å². The van der Waals surface area contributed by atoms with Crippen molar-refractivity contribution in [3.05, 3.63) is 42.0 Å². The smallest absolute Gasteiger partial charge is 0.164 e. The van der Waals surface area contributed by atoms with Crippen LogP contribution < -0.4 is 10.1 Å². The van der Waals surface area contributed by atoms with E-state index >= 15 is 0 Å². The number of ether oxygens (including phenoxy) is 1. The average Bonchev–Trinajstić information content (AvgIpc) is 3.04. The Morgan fingerprint density at radius 1 is 1.30 bits per heavy atom. The molecule has 1 saturated carbocycles. The van der Waals surface area contributed by atoms with Gasteiger partial charge in [-0.1, -0.05) is 18.2 Å². The third-order valence-electron chi connectivity index (χ3n) is 3.81. The van der Waals surface area contributed by atoms with E-state index in [1.54, 1.807) is 6.33 Å². The molecule has 1 fully saturated rings. The molecule has 2 aliphatic rings. The van der Waals surface area contributed by atoms with E-state index in [2.05, 4.69) is 27.5 Å². The lowest BCUT2D eigenvalue weighted by Gasteiger charge is -2.09. The summed E-state index contributed by atoms with van der Waals surface area (Å²) in [5, 5.41) is 7.92. The second kappa shape index (κ2) is 4.90. The highest BCUT2D eigenvalue weighted by Crippen LogP contribution is 2.28. The first-order chi connectivity index (χ1) is 9.87. The lowest BCUT2D eigenvalue weighted by atomic mass is 10.1. The molecule has 1 aromatic heterocycles. The molecule has 2 heterocycles. The summed E-state index contributed by atoms with van der Waals surface area (Å²) < 4.78 is 7.81. The van der Waals surface area contributed by atoms with E-state index in [-0.39, 0.29) is 6.10 Å². The molecule has 0 saturated heterocycles. The topological polar surface area (TPSA) is 52.0 Å². The first-order valence-corrected chi connectivity index (χ1v) is 7.23. The van der Waals surface area contributed by atoms with Crippen LogP contribution in [0.3, 0.4) is 0 Å². The van der Waals surface area contributed by atoms with Crippen LogP contribution in [0.25, 0.3) is 0 Å². The van der Waals surface area contributed by atoms with Gasteiger partial charge in [0, 0.05) is 12.5 Å². The molecule has 104 valence electrons. The van der Waals surface area contributed by atoms with E-state index in [0.29, 0.717) is 6.04 Å². The Bertz CT molecular complexity index is 580. The van der Waals surface area contributed by atoms with Crippen molar-refractivity contribution >= 4 is 0 Å². The van der Waals surface area contributed by atoms with Gasteiger partial charge in [0.25, 0.3) is 0 Å². The molecular formula is C15H18N4O. The van der Waals surface area contributed by atoms with Gasteiger partial charge in [0.2, 0.25) is 0 Å². The van der Waals surface area contributed by atoms with Crippen molar-refractivity contribution in [3.63, 3.8) is 0 Å². The number of benzene rings is 1. The third-order valence-corrected chi connectivity index (χ3v) is 3.81. The number of rotatable bonds is 5. The van der Waals surface area contributed by atoms with E-state index in [4.69, 9.17) is 4.74 Å². The summed E-state index contributed by atoms with van der Waals surface area (Å²) in [6.07, 6.45) is 5.49. The molecule has 1 aliphatic heterocycles. The second-order valence-corrected chi connectivity index (χ2v) is 5.59. The number of para-hydroxylation sites is 1. The number of hydrogen-bond donors (Lipinski definition) is 1. The number of nitrogens with one attached hydrogen (secondary N) is 1. The zero-order chi connectivity index (χ0) is 13.4. The molecule has 4 rings (SSSR count). The Morgan fingerprint density at radius 2 is 2.20 bits per heavy atom. The van der Waals surface area contributed by atoms with Gasteiger partial charge >= 0.3 is 0 Å². The Balaban J connectivity index is 1.35. The lowest BCUT2D eigenvalue weighted by molar-refractivity contribution is 0.203. The number of aromatic nitrogens is 3. The molecule has 20 heavy (non-hydrogen) atoms. The van der Waals surface area contributed by atoms with Crippen LogP contribution in [0.4, 0.5) is 0 Å². The van der Waals surface area contributed by atoms with Crippen LogP contribution in [0.15, 0.2) is 30.6 Å². The van der Waals surface area contributed by atoms with Crippen molar-refractivity contribution < 1.29 is 4.74 Å². The van der Waals surface area contributed by atoms with E-state index < -0.39 is 0 Å². The van der Waals surface area contributed by atoms with E-state index in [1.165, 1.54) is 18.4 Å². The van der Waals surface area contributed by atoms with Gasteiger partial charge in [-0.2, -0.15) is 5.10 Å². The molecule has 1 N–H and O–H groups in total. The van der Waals surface area contributed by atoms with Gasteiger partial charge in [0.15, 0.2) is 5.82 Å². The van der Waals surface area contributed by atoms with E-state index in [9.17, 15) is 0 Å². The minimum atomic E-state index is 0.165. The van der Waals surface area contributed by atoms with Crippen LogP contribution >= 0.6 is 0 Å². The second-order valence-electron chi connectivity index (χ2n) is 5.59. The molecule has 1 unspecified atom stereocenters. The molecule has 0 amide bonds. The van der Waals surface area contributed by atoms with Crippen LogP contribution in [-0.2, 0) is 19.5 Å². The average molecular weight is 270 g/mol. The molecule has 0 radical (unpaired) electrons. The Labute approximate surface area is 118 Å². The molecule has 1 aromatic carbocycles. The van der Waals surface area contributed by atoms with Crippen molar-refractivity contribution in [2.45, 2.75) is 44.5 Å². The fourth-order valence-corrected chi connectivity index (χ4v) is 2.59. The first-order valence-electron chi connectivity index (χ1n) is 7.23. The number of nitrogens with zero attached hydrogens (tertiary/aromatic N) is 3. The minimum Gasteiger partial charge on any atom is -0.488 e. The summed E-state index contributed by atoms with van der Waals surface area (Å²) in [5.41, 5.74) is 1.29. The van der Waals surface area contributed by atoms with Crippen molar-refractivity contribution in [2.24, 2.45) is 0 Å². The molecule has 1 atom stereocenters. The molecule has 2 aromatic rings. The SMILES string of the molecule is c1ccc2c(c1)CC(Cn1cnc(CNC3CC3)n1)O2. The van der Waals surface area contributed by atoms with Crippen LogP contribution in [0, 0.1) is 0 Å². The van der Waals surface area contributed by atoms with Crippen LogP contribution in [-0.4, -0.2) is 26.9 Å². The predicted molar refractivity (Wildman–Crippen MR) is 74.4 cm³/mol. The summed E-state index contributed by atoms with van der Waals surface area (Å²) >= 11 is 0. The maximum absolute atomic E-state index is 5.92. The standard InChI is InChI=1S/C15H18N4O/c1-2-4-14-11(3-1)7-13(20-14)9-19-10-17-15(18-19)8-16-12-5-6-12/h1-4,10,12-13,16H,5-9H2. The highest BCUT2D eigenvalue weighted by Gasteiger charge is 2.23. The van der Waals surface area contributed by atoms with Crippen LogP contribution in [0.5, 0.6) is 5.75 Å². The van der Waals surface area contributed by atoms with Gasteiger partial charge < -0.3 is 10.1 Å². The van der Waals surface area contributed by atoms with E-state index in [0.717, 1.165) is 31.1 Å². The normalized spacial score (nSPS) is 20.7. The molecule has 1 aliphatic carbocycles. The molecule has 0 spiro atoms. The van der Waals surface area contributed by atoms with Gasteiger partial charge in [-0.25, -0.2) is 9.67 Å². The van der Waals surface area contributed by atoms with Crippen molar-refractivity contribution in [2.75, 3.05) is 0 Å². The lowest BCUT2D eigenvalue weighted by Crippen LogP contribution is -2.21. The van der Waals surface area contributed by atoms with Gasteiger partial charge in [-0.15, -0.1) is 0 Å². The molecular weight excluding hydrogens is 252 g/mol. The zero-order valence-electron chi connectivity index (χ0n) is 11.3. The summed E-state index contributed by atoms with van der Waals surface area (Å²) in [5.74, 6) is 1.88. The highest BCUT2D eigenvalue weighted by atomic mass is 16.5. The third kappa shape index (κ3) is 2.54. The fraction of sp³-hybridized carbons (Fsp3) is 0.467. The maximum Gasteiger partial charge on any atom is 0.164 e. The summed E-state index contributed by atoms with van der Waals surface area (Å²) in [6, 6.07) is 8.91. The Morgan fingerprint density at radius 3 is 3.05 bits per heavy atom. The van der Waals surface area contributed by atoms with E-state index in [1.807, 2.05) is 16.8 Å². The quantitative estimate of drug-likeness (QED) is 0.895. The monoisotopic (exact) mass is 270 g/mol. The fourth-order valence-electron chi connectivity index (χ4n) is 2.59. The van der Waals surface area contributed by atoms with Crippen LogP contribution in [0.1, 0.15) is 24.2 Å². The Kier molecular flexibility index (Phi) is 2.92. The summed E-state index contributed by atoms with van der Waals surface area (Å²) in [6.45, 7) is 1.52. The zero-order valence-corrected chi connectivity index (χ0v) is 11.3. The van der Waals surface area contributed by atoms with Crippen LogP contribution in [0.2, 0.25) is 0 Å². The maximum atomic E-state index is 5.92. The van der Waals surface area contributed by atoms with Crippen molar-refractivity contribution in [1.29, 1.82) is 0 Å². The molecule has 5 heteroatoms. The largest absolute Gasteiger partial charge is 0.488 e. The van der Waals surface area contributed by atoms with Crippen molar-refractivity contribution in [3.8, 4) is 5.75 Å². The molecule has 0 bridgehead atoms. The molecule has 5 nitrogen and oxygen atoms in total. The summed E-state index contributed by atoms with van der Waals surface area (Å²) in [7, 11) is 0.